The molecule has 0 spiro atoms. The van der Waals surface area contributed by atoms with E-state index in [1.165, 1.54) is 12.5 Å². The van der Waals surface area contributed by atoms with E-state index in [9.17, 15) is 40.0 Å². The molecule has 1 aliphatic heterocycles. The number of anilines is 1. The van der Waals surface area contributed by atoms with Crippen LogP contribution in [-0.4, -0.2) is 44.3 Å². The molecule has 0 N–H and O–H groups in total. The predicted molar refractivity (Wildman–Crippen MR) is 150 cm³/mol. The van der Waals surface area contributed by atoms with Crippen LogP contribution < -0.4 is 4.90 Å². The van der Waals surface area contributed by atoms with E-state index in [0.29, 0.717) is 15.8 Å². The summed E-state index contributed by atoms with van der Waals surface area (Å²) in [6.07, 6.45) is 5.28. The molecule has 0 aromatic heterocycles. The standard InChI is InChI=1S/C31H28F6N2O5S/c1-44-31(41)20-11-12-22(21(32)15-20)38(16-17-7-9-19(10-8-17)18-5-3-2-4-6-18)30(40)23-13-14-39(23)45(42,43)29-27(36)25(34)24(33)26(35)28(29)37/h7-12,15,18,23H,2-6,13-14,16H2,1H3/t23-/m1/s1. The zero-order valence-corrected chi connectivity index (χ0v) is 24.8. The van der Waals surface area contributed by atoms with Crippen LogP contribution in [0.15, 0.2) is 47.4 Å². The maximum Gasteiger partial charge on any atom is 0.337 e. The molecule has 3 aromatic rings. The molecule has 14 heteroatoms. The molecule has 1 saturated heterocycles. The van der Waals surface area contributed by atoms with Gasteiger partial charge in [0.2, 0.25) is 21.7 Å². The number of hydrogen-bond donors (Lipinski definition) is 0. The van der Waals surface area contributed by atoms with Gasteiger partial charge >= 0.3 is 5.97 Å². The minimum Gasteiger partial charge on any atom is -0.465 e. The van der Waals surface area contributed by atoms with Gasteiger partial charge < -0.3 is 9.64 Å². The Morgan fingerprint density at radius 1 is 0.844 bits per heavy atom. The largest absolute Gasteiger partial charge is 0.465 e. The first-order valence-corrected chi connectivity index (χ1v) is 15.6. The first-order chi connectivity index (χ1) is 21.4. The topological polar surface area (TPSA) is 84.0 Å². The Hall–Kier alpha value is -3.91. The van der Waals surface area contributed by atoms with Crippen molar-refractivity contribution in [2.24, 2.45) is 0 Å². The van der Waals surface area contributed by atoms with Crippen LogP contribution in [0.4, 0.5) is 32.0 Å². The number of methoxy groups -OCH3 is 1. The van der Waals surface area contributed by atoms with Crippen molar-refractivity contribution in [3.63, 3.8) is 0 Å². The highest BCUT2D eigenvalue weighted by atomic mass is 32.2. The fraction of sp³-hybridized carbons (Fsp3) is 0.355. The van der Waals surface area contributed by atoms with Gasteiger partial charge in [-0.3, -0.25) is 4.79 Å². The zero-order chi connectivity index (χ0) is 32.6. The number of carbonyl (C=O) groups excluding carboxylic acids is 2. The van der Waals surface area contributed by atoms with E-state index in [1.54, 1.807) is 12.1 Å². The van der Waals surface area contributed by atoms with E-state index in [1.807, 2.05) is 12.1 Å². The van der Waals surface area contributed by atoms with E-state index >= 15 is 4.39 Å². The number of halogens is 6. The van der Waals surface area contributed by atoms with Crippen LogP contribution in [0.25, 0.3) is 0 Å². The Morgan fingerprint density at radius 2 is 1.44 bits per heavy atom. The van der Waals surface area contributed by atoms with Gasteiger partial charge in [0.15, 0.2) is 28.2 Å². The fourth-order valence-corrected chi connectivity index (χ4v) is 7.52. The van der Waals surface area contributed by atoms with Gasteiger partial charge in [-0.2, -0.15) is 4.31 Å². The maximum atomic E-state index is 15.4. The predicted octanol–water partition coefficient (Wildman–Crippen LogP) is 6.35. The molecule has 1 saturated carbocycles. The SMILES string of the molecule is COC(=O)c1ccc(N(Cc2ccc(C3CCCCC3)cc2)C(=O)[C@H]2CCN2S(=O)(=O)c2c(F)c(F)c(F)c(F)c2F)c(F)c1. The van der Waals surface area contributed by atoms with Crippen molar-refractivity contribution in [2.45, 2.75) is 61.9 Å². The van der Waals surface area contributed by atoms with E-state index in [2.05, 4.69) is 4.74 Å². The lowest BCUT2D eigenvalue weighted by Crippen LogP contribution is -2.59. The Kier molecular flexibility index (Phi) is 9.26. The highest BCUT2D eigenvalue weighted by Crippen LogP contribution is 2.36. The molecule has 1 heterocycles. The molecule has 2 aliphatic rings. The number of rotatable bonds is 8. The summed E-state index contributed by atoms with van der Waals surface area (Å²) < 4.78 is 117. The highest BCUT2D eigenvalue weighted by molar-refractivity contribution is 7.89. The molecule has 7 nitrogen and oxygen atoms in total. The molecule has 5 rings (SSSR count). The number of esters is 1. The third-order valence-electron chi connectivity index (χ3n) is 8.31. The molecule has 1 atom stereocenters. The Morgan fingerprint density at radius 3 is 1.98 bits per heavy atom. The van der Waals surface area contributed by atoms with Crippen molar-refractivity contribution < 1.29 is 49.1 Å². The van der Waals surface area contributed by atoms with Crippen LogP contribution >= 0.6 is 0 Å². The van der Waals surface area contributed by atoms with Crippen molar-refractivity contribution in [3.8, 4) is 0 Å². The number of hydrogen-bond acceptors (Lipinski definition) is 5. The van der Waals surface area contributed by atoms with Crippen molar-refractivity contribution in [2.75, 3.05) is 18.6 Å². The molecule has 240 valence electrons. The molecule has 2 fully saturated rings. The van der Waals surface area contributed by atoms with Gasteiger partial charge in [-0.05, 0) is 54.5 Å². The molecular formula is C31H28F6N2O5S. The van der Waals surface area contributed by atoms with Crippen molar-refractivity contribution >= 4 is 27.6 Å². The Labute approximate surface area is 255 Å². The molecule has 0 unspecified atom stereocenters. The number of benzene rings is 3. The van der Waals surface area contributed by atoms with E-state index in [4.69, 9.17) is 0 Å². The number of ether oxygens (including phenoxy) is 1. The van der Waals surface area contributed by atoms with Gasteiger partial charge in [-0.15, -0.1) is 0 Å². The van der Waals surface area contributed by atoms with Crippen molar-refractivity contribution in [1.29, 1.82) is 0 Å². The number of nitrogens with zero attached hydrogens (tertiary/aromatic N) is 2. The molecule has 0 bridgehead atoms. The summed E-state index contributed by atoms with van der Waals surface area (Å²) in [5, 5.41) is 0. The lowest BCUT2D eigenvalue weighted by Gasteiger charge is -2.41. The van der Waals surface area contributed by atoms with Gasteiger partial charge in [0.05, 0.1) is 24.9 Å². The summed E-state index contributed by atoms with van der Waals surface area (Å²) >= 11 is 0. The van der Waals surface area contributed by atoms with Gasteiger partial charge in [-0.1, -0.05) is 43.5 Å². The maximum absolute atomic E-state index is 15.4. The van der Waals surface area contributed by atoms with Gasteiger partial charge in [0, 0.05) is 6.54 Å². The quantitative estimate of drug-likeness (QED) is 0.122. The van der Waals surface area contributed by atoms with Crippen LogP contribution in [-0.2, 0) is 26.1 Å². The minimum absolute atomic E-state index is 0.165. The normalized spacial score (nSPS) is 17.5. The molecule has 0 radical (unpaired) electrons. The van der Waals surface area contributed by atoms with Crippen LogP contribution in [0.2, 0.25) is 0 Å². The van der Waals surface area contributed by atoms with Gasteiger partial charge in [0.1, 0.15) is 11.9 Å². The first kappa shape index (κ1) is 32.5. The summed E-state index contributed by atoms with van der Waals surface area (Å²) in [5.41, 5.74) is 1.13. The monoisotopic (exact) mass is 654 g/mol. The first-order valence-electron chi connectivity index (χ1n) is 14.2. The summed E-state index contributed by atoms with van der Waals surface area (Å²) in [5.74, 6) is -15.1. The van der Waals surface area contributed by atoms with Gasteiger partial charge in [-0.25, -0.2) is 39.6 Å². The summed E-state index contributed by atoms with van der Waals surface area (Å²) in [6, 6.07) is 8.77. The molecular weight excluding hydrogens is 626 g/mol. The Balaban J connectivity index is 1.49. The lowest BCUT2D eigenvalue weighted by atomic mass is 9.84. The molecule has 1 amide bonds. The number of sulfonamides is 1. The highest BCUT2D eigenvalue weighted by Gasteiger charge is 2.48. The van der Waals surface area contributed by atoms with E-state index in [0.717, 1.165) is 55.4 Å². The average molecular weight is 655 g/mol. The van der Waals surface area contributed by atoms with Gasteiger partial charge in [0.25, 0.3) is 0 Å². The van der Waals surface area contributed by atoms with E-state index in [-0.39, 0.29) is 24.2 Å². The second-order valence-corrected chi connectivity index (χ2v) is 12.8. The van der Waals surface area contributed by atoms with Crippen LogP contribution in [0.1, 0.15) is 65.9 Å². The number of carbonyl (C=O) groups is 2. The summed E-state index contributed by atoms with van der Waals surface area (Å²) in [4.78, 5) is 24.6. The third-order valence-corrected chi connectivity index (χ3v) is 10.2. The second-order valence-electron chi connectivity index (χ2n) is 11.0. The lowest BCUT2D eigenvalue weighted by molar-refractivity contribution is -0.125. The van der Waals surface area contributed by atoms with E-state index < -0.39 is 74.3 Å². The minimum atomic E-state index is -5.42. The fourth-order valence-electron chi connectivity index (χ4n) is 5.77. The molecule has 3 aromatic carbocycles. The summed E-state index contributed by atoms with van der Waals surface area (Å²) in [7, 11) is -4.33. The van der Waals surface area contributed by atoms with Crippen LogP contribution in [0.3, 0.4) is 0 Å². The second kappa shape index (κ2) is 12.8. The molecule has 1 aliphatic carbocycles. The zero-order valence-electron chi connectivity index (χ0n) is 24.0. The average Bonchev–Trinajstić information content (AvgIpc) is 3.01. The Bertz CT molecular complexity index is 1720. The summed E-state index contributed by atoms with van der Waals surface area (Å²) in [6.45, 7) is -0.753. The molecule has 45 heavy (non-hydrogen) atoms. The number of amides is 1. The van der Waals surface area contributed by atoms with Crippen LogP contribution in [0.5, 0.6) is 0 Å². The van der Waals surface area contributed by atoms with Crippen LogP contribution in [0, 0.1) is 34.9 Å². The van der Waals surface area contributed by atoms with Crippen molar-refractivity contribution in [3.05, 3.63) is 94.1 Å². The third kappa shape index (κ3) is 6.05. The van der Waals surface area contributed by atoms with Crippen molar-refractivity contribution in [1.82, 2.24) is 4.31 Å². The smallest absolute Gasteiger partial charge is 0.337 e.